The zero-order chi connectivity index (χ0) is 11.6. The van der Waals surface area contributed by atoms with Crippen molar-refractivity contribution >= 4 is 5.91 Å². The molecule has 0 aromatic rings. The van der Waals surface area contributed by atoms with Crippen molar-refractivity contribution in [3.05, 3.63) is 0 Å². The Morgan fingerprint density at radius 1 is 1.67 bits per heavy atom. The minimum Gasteiger partial charge on any atom is -0.391 e. The van der Waals surface area contributed by atoms with Crippen molar-refractivity contribution in [2.75, 3.05) is 27.2 Å². The lowest BCUT2D eigenvalue weighted by atomic mass is 10.2. The summed E-state index contributed by atoms with van der Waals surface area (Å²) in [5.41, 5.74) is 5.57. The van der Waals surface area contributed by atoms with Crippen LogP contribution >= 0.6 is 0 Å². The molecule has 15 heavy (non-hydrogen) atoms. The molecule has 0 aromatic heterocycles. The molecule has 0 radical (unpaired) electrons. The Bertz CT molecular complexity index is 231. The van der Waals surface area contributed by atoms with E-state index in [-0.39, 0.29) is 11.9 Å². The van der Waals surface area contributed by atoms with Gasteiger partial charge in [0.2, 0.25) is 5.91 Å². The Hall–Kier alpha value is -0.650. The van der Waals surface area contributed by atoms with Crippen molar-refractivity contribution in [2.24, 2.45) is 5.73 Å². The second-order valence-corrected chi connectivity index (χ2v) is 4.58. The molecular formula is C10H21N3O2. The molecule has 1 heterocycles. The molecule has 0 aliphatic carbocycles. The standard InChI is InChI=1S/C10H21N3O2/c1-7(11)10(15)13-6-9(14)4-8(13)5-12(2)3/h7-9,14H,4-6,11H2,1-3H3/t7-,8?,9?/m1/s1. The van der Waals surface area contributed by atoms with Gasteiger partial charge < -0.3 is 20.6 Å². The Morgan fingerprint density at radius 3 is 2.73 bits per heavy atom. The number of rotatable bonds is 3. The fourth-order valence-corrected chi connectivity index (χ4v) is 2.02. The number of likely N-dealkylation sites (N-methyl/N-ethyl adjacent to an activating group) is 1. The van der Waals surface area contributed by atoms with E-state index < -0.39 is 12.1 Å². The maximum Gasteiger partial charge on any atom is 0.239 e. The molecule has 0 aromatic carbocycles. The molecule has 1 saturated heterocycles. The van der Waals surface area contributed by atoms with Crippen LogP contribution in [0.4, 0.5) is 0 Å². The number of aliphatic hydroxyl groups excluding tert-OH is 1. The fourth-order valence-electron chi connectivity index (χ4n) is 2.02. The molecule has 1 amide bonds. The van der Waals surface area contributed by atoms with Crippen LogP contribution in [0.25, 0.3) is 0 Å². The summed E-state index contributed by atoms with van der Waals surface area (Å²) in [6, 6.07) is -0.395. The van der Waals surface area contributed by atoms with Gasteiger partial charge in [0.05, 0.1) is 12.1 Å². The van der Waals surface area contributed by atoms with Crippen molar-refractivity contribution in [1.82, 2.24) is 9.80 Å². The SMILES string of the molecule is C[C@@H](N)C(=O)N1CC(O)CC1CN(C)C. The molecule has 1 aliphatic heterocycles. The minimum atomic E-state index is -0.486. The summed E-state index contributed by atoms with van der Waals surface area (Å²) < 4.78 is 0. The van der Waals surface area contributed by atoms with E-state index >= 15 is 0 Å². The summed E-state index contributed by atoms with van der Waals surface area (Å²) in [6.07, 6.45) is 0.244. The first-order valence-corrected chi connectivity index (χ1v) is 5.30. The molecule has 3 N–H and O–H groups in total. The summed E-state index contributed by atoms with van der Waals surface area (Å²) >= 11 is 0. The highest BCUT2D eigenvalue weighted by Crippen LogP contribution is 2.19. The maximum atomic E-state index is 11.8. The fraction of sp³-hybridized carbons (Fsp3) is 0.900. The Balaban J connectivity index is 2.64. The summed E-state index contributed by atoms with van der Waals surface area (Å²) in [4.78, 5) is 15.5. The van der Waals surface area contributed by atoms with Crippen LogP contribution < -0.4 is 5.73 Å². The van der Waals surface area contributed by atoms with Gasteiger partial charge in [-0.2, -0.15) is 0 Å². The third kappa shape index (κ3) is 3.15. The lowest BCUT2D eigenvalue weighted by molar-refractivity contribution is -0.133. The van der Waals surface area contributed by atoms with Crippen LogP contribution in [0.1, 0.15) is 13.3 Å². The molecule has 1 aliphatic rings. The molecule has 88 valence electrons. The molecule has 1 fully saturated rings. The lowest BCUT2D eigenvalue weighted by Gasteiger charge is -2.28. The predicted molar refractivity (Wildman–Crippen MR) is 58.3 cm³/mol. The molecule has 5 heteroatoms. The largest absolute Gasteiger partial charge is 0.391 e. The van der Waals surface area contributed by atoms with Gasteiger partial charge in [0, 0.05) is 19.1 Å². The zero-order valence-electron chi connectivity index (χ0n) is 9.68. The molecule has 5 nitrogen and oxygen atoms in total. The summed E-state index contributed by atoms with van der Waals surface area (Å²) in [5, 5.41) is 9.56. The van der Waals surface area contributed by atoms with Crippen molar-refractivity contribution < 1.29 is 9.90 Å². The minimum absolute atomic E-state index is 0.0709. The highest BCUT2D eigenvalue weighted by Gasteiger charge is 2.35. The normalized spacial score (nSPS) is 28.5. The van der Waals surface area contributed by atoms with Crippen LogP contribution in [0.2, 0.25) is 0 Å². The number of β-amino-alcohol motifs (C(OH)–C–C–N with tert-alkyl or cyclic N) is 1. The second-order valence-electron chi connectivity index (χ2n) is 4.58. The van der Waals surface area contributed by atoms with Crippen LogP contribution in [0.3, 0.4) is 0 Å². The molecular weight excluding hydrogens is 194 g/mol. The van der Waals surface area contributed by atoms with E-state index in [4.69, 9.17) is 5.73 Å². The van der Waals surface area contributed by atoms with Crippen LogP contribution in [0.5, 0.6) is 0 Å². The van der Waals surface area contributed by atoms with Crippen LogP contribution in [-0.2, 0) is 4.79 Å². The number of likely N-dealkylation sites (tertiary alicyclic amines) is 1. The van der Waals surface area contributed by atoms with Crippen LogP contribution in [0.15, 0.2) is 0 Å². The average molecular weight is 215 g/mol. The molecule has 0 bridgehead atoms. The van der Waals surface area contributed by atoms with Gasteiger partial charge in [0.1, 0.15) is 0 Å². The second kappa shape index (κ2) is 4.92. The number of nitrogens with zero attached hydrogens (tertiary/aromatic N) is 2. The first-order valence-electron chi connectivity index (χ1n) is 5.30. The van der Waals surface area contributed by atoms with E-state index in [1.807, 2.05) is 19.0 Å². The lowest BCUT2D eigenvalue weighted by Crippen LogP contribution is -2.47. The van der Waals surface area contributed by atoms with E-state index in [1.54, 1.807) is 11.8 Å². The molecule has 0 saturated carbocycles. The Kier molecular flexibility index (Phi) is 4.07. The predicted octanol–water partition coefficient (Wildman–Crippen LogP) is -1.14. The van der Waals surface area contributed by atoms with Crippen LogP contribution in [0, 0.1) is 0 Å². The van der Waals surface area contributed by atoms with Crippen molar-refractivity contribution in [3.63, 3.8) is 0 Å². The third-order valence-corrected chi connectivity index (χ3v) is 2.64. The summed E-state index contributed by atoms with van der Waals surface area (Å²) in [7, 11) is 3.92. The number of hydrogen-bond acceptors (Lipinski definition) is 4. The zero-order valence-corrected chi connectivity index (χ0v) is 9.68. The number of hydrogen-bond donors (Lipinski definition) is 2. The van der Waals surface area contributed by atoms with E-state index in [9.17, 15) is 9.90 Å². The van der Waals surface area contributed by atoms with Crippen molar-refractivity contribution in [3.8, 4) is 0 Å². The van der Waals surface area contributed by atoms with Gasteiger partial charge in [0.15, 0.2) is 0 Å². The van der Waals surface area contributed by atoms with Gasteiger partial charge in [-0.25, -0.2) is 0 Å². The quantitative estimate of drug-likeness (QED) is 0.624. The number of nitrogens with two attached hydrogens (primary N) is 1. The molecule has 1 rings (SSSR count). The Morgan fingerprint density at radius 2 is 2.27 bits per heavy atom. The van der Waals surface area contributed by atoms with Gasteiger partial charge in [-0.05, 0) is 27.4 Å². The highest BCUT2D eigenvalue weighted by atomic mass is 16.3. The first kappa shape index (κ1) is 12.4. The van der Waals surface area contributed by atoms with Gasteiger partial charge in [-0.3, -0.25) is 4.79 Å². The van der Waals surface area contributed by atoms with Gasteiger partial charge >= 0.3 is 0 Å². The van der Waals surface area contributed by atoms with E-state index in [0.29, 0.717) is 13.0 Å². The number of carbonyl (C=O) groups excluding carboxylic acids is 1. The molecule has 2 unspecified atom stereocenters. The van der Waals surface area contributed by atoms with Gasteiger partial charge in [0.25, 0.3) is 0 Å². The van der Waals surface area contributed by atoms with Gasteiger partial charge in [-0.1, -0.05) is 0 Å². The van der Waals surface area contributed by atoms with Crippen LogP contribution in [-0.4, -0.2) is 66.2 Å². The summed E-state index contributed by atoms with van der Waals surface area (Å²) in [6.45, 7) is 2.87. The van der Waals surface area contributed by atoms with E-state index in [0.717, 1.165) is 6.54 Å². The average Bonchev–Trinajstić information content (AvgIpc) is 2.44. The maximum absolute atomic E-state index is 11.8. The van der Waals surface area contributed by atoms with Crippen molar-refractivity contribution in [1.29, 1.82) is 0 Å². The summed E-state index contributed by atoms with van der Waals surface area (Å²) in [5.74, 6) is -0.0709. The van der Waals surface area contributed by atoms with E-state index in [2.05, 4.69) is 0 Å². The van der Waals surface area contributed by atoms with Crippen molar-refractivity contribution in [2.45, 2.75) is 31.5 Å². The molecule has 3 atom stereocenters. The first-order chi connectivity index (χ1) is 6.91. The van der Waals surface area contributed by atoms with Gasteiger partial charge in [-0.15, -0.1) is 0 Å². The Labute approximate surface area is 90.8 Å². The molecule has 0 spiro atoms. The van der Waals surface area contributed by atoms with E-state index in [1.165, 1.54) is 0 Å². The number of amides is 1. The smallest absolute Gasteiger partial charge is 0.239 e. The monoisotopic (exact) mass is 215 g/mol. The third-order valence-electron chi connectivity index (χ3n) is 2.64. The highest BCUT2D eigenvalue weighted by molar-refractivity contribution is 5.81. The number of aliphatic hydroxyl groups is 1. The topological polar surface area (TPSA) is 69.8 Å². The number of carbonyl (C=O) groups is 1.